The molecule has 0 atom stereocenters. The number of halogens is 1. The Morgan fingerprint density at radius 2 is 2.00 bits per heavy atom. The highest BCUT2D eigenvalue weighted by Crippen LogP contribution is 2.22. The number of nitrogens with one attached hydrogen (secondary N) is 1. The highest BCUT2D eigenvalue weighted by atomic mass is 19.1. The Balaban J connectivity index is 1.76. The third kappa shape index (κ3) is 4.29. The molecule has 1 aromatic heterocycles. The second-order valence-corrected chi connectivity index (χ2v) is 4.78. The first kappa shape index (κ1) is 14.4. The lowest BCUT2D eigenvalue weighted by Crippen LogP contribution is -2.39. The maximum Gasteiger partial charge on any atom is 0.316 e. The van der Waals surface area contributed by atoms with Gasteiger partial charge in [-0.2, -0.15) is 0 Å². The molecule has 0 bridgehead atoms. The van der Waals surface area contributed by atoms with E-state index < -0.39 is 5.82 Å². The van der Waals surface area contributed by atoms with Gasteiger partial charge in [-0.1, -0.05) is 6.08 Å². The van der Waals surface area contributed by atoms with Crippen molar-refractivity contribution in [1.29, 1.82) is 0 Å². The molecule has 1 aliphatic carbocycles. The molecule has 1 N–H and O–H groups in total. The topological polar surface area (TPSA) is 64.1 Å². The fourth-order valence-corrected chi connectivity index (χ4v) is 2.24. The molecule has 0 spiro atoms. The fraction of sp³-hybridized carbons (Fsp3) is 0.500. The first-order valence-corrected chi connectivity index (χ1v) is 6.74. The molecule has 0 saturated heterocycles. The number of carbonyl (C=O) groups excluding carboxylic acids is 1. The molecule has 0 unspecified atom stereocenters. The Kier molecular flexibility index (Phi) is 5.03. The predicted molar refractivity (Wildman–Crippen MR) is 71.6 cm³/mol. The van der Waals surface area contributed by atoms with Crippen LogP contribution in [0.5, 0.6) is 6.01 Å². The third-order valence-electron chi connectivity index (χ3n) is 3.21. The van der Waals surface area contributed by atoms with Gasteiger partial charge in [-0.15, -0.1) is 0 Å². The quantitative estimate of drug-likeness (QED) is 0.856. The lowest BCUT2D eigenvalue weighted by atomic mass is 9.93. The molecule has 108 valence electrons. The Bertz CT molecular complexity index is 468. The summed E-state index contributed by atoms with van der Waals surface area (Å²) in [5.74, 6) is -0.536. The molecule has 0 aliphatic heterocycles. The molecular formula is C14H18FN3O2. The smallest absolute Gasteiger partial charge is 0.316 e. The number of amides is 1. The minimum atomic E-state index is -0.479. The van der Waals surface area contributed by atoms with E-state index in [2.05, 4.69) is 15.3 Å². The van der Waals surface area contributed by atoms with Crippen molar-refractivity contribution >= 4 is 5.91 Å². The van der Waals surface area contributed by atoms with Crippen LogP contribution in [-0.2, 0) is 4.79 Å². The van der Waals surface area contributed by atoms with E-state index in [1.54, 1.807) is 6.08 Å². The molecule has 1 amide bonds. The zero-order valence-corrected chi connectivity index (χ0v) is 11.4. The van der Waals surface area contributed by atoms with Gasteiger partial charge in [0, 0.05) is 6.04 Å². The van der Waals surface area contributed by atoms with Crippen molar-refractivity contribution in [3.05, 3.63) is 30.4 Å². The monoisotopic (exact) mass is 279 g/mol. The van der Waals surface area contributed by atoms with Crippen LogP contribution in [0.1, 0.15) is 32.6 Å². The van der Waals surface area contributed by atoms with Gasteiger partial charge in [0.05, 0.1) is 12.4 Å². The normalized spacial score (nSPS) is 22.7. The minimum Gasteiger partial charge on any atom is -0.460 e. The van der Waals surface area contributed by atoms with Crippen LogP contribution in [0.4, 0.5) is 4.39 Å². The van der Waals surface area contributed by atoms with Gasteiger partial charge in [-0.05, 0) is 38.7 Å². The van der Waals surface area contributed by atoms with E-state index in [1.165, 1.54) is 6.08 Å². The molecule has 2 rings (SSSR count). The third-order valence-corrected chi connectivity index (χ3v) is 3.21. The van der Waals surface area contributed by atoms with E-state index in [9.17, 15) is 9.18 Å². The van der Waals surface area contributed by atoms with Crippen molar-refractivity contribution in [3.8, 4) is 6.01 Å². The summed E-state index contributed by atoms with van der Waals surface area (Å²) >= 11 is 0. The second-order valence-electron chi connectivity index (χ2n) is 4.78. The lowest BCUT2D eigenvalue weighted by molar-refractivity contribution is -0.117. The number of nitrogens with zero attached hydrogens (tertiary/aromatic N) is 2. The Morgan fingerprint density at radius 1 is 1.35 bits per heavy atom. The summed E-state index contributed by atoms with van der Waals surface area (Å²) in [4.78, 5) is 19.0. The number of hydrogen-bond donors (Lipinski definition) is 1. The maximum absolute atomic E-state index is 12.7. The van der Waals surface area contributed by atoms with Crippen LogP contribution in [-0.4, -0.2) is 28.0 Å². The fourth-order valence-electron chi connectivity index (χ4n) is 2.24. The number of carbonyl (C=O) groups is 1. The van der Waals surface area contributed by atoms with E-state index in [4.69, 9.17) is 4.74 Å². The number of rotatable bonds is 4. The first-order chi connectivity index (χ1) is 9.67. The standard InChI is InChI=1S/C14H18FN3O2/c1-2-3-13(19)18-11-4-6-12(7-5-11)20-14-16-8-10(15)9-17-14/h2-3,8-9,11-12H,4-7H2,1H3,(H,18,19)/b3-2+. The van der Waals surface area contributed by atoms with E-state index >= 15 is 0 Å². The summed E-state index contributed by atoms with van der Waals surface area (Å²) in [7, 11) is 0. The zero-order valence-electron chi connectivity index (χ0n) is 11.4. The average molecular weight is 279 g/mol. The number of allylic oxidation sites excluding steroid dienone is 1. The highest BCUT2D eigenvalue weighted by molar-refractivity contribution is 5.87. The largest absolute Gasteiger partial charge is 0.460 e. The van der Waals surface area contributed by atoms with E-state index in [0.717, 1.165) is 38.1 Å². The first-order valence-electron chi connectivity index (χ1n) is 6.74. The molecule has 1 aromatic rings. The molecule has 1 fully saturated rings. The molecular weight excluding hydrogens is 261 g/mol. The van der Waals surface area contributed by atoms with Gasteiger partial charge in [0.1, 0.15) is 6.10 Å². The average Bonchev–Trinajstić information content (AvgIpc) is 2.44. The van der Waals surface area contributed by atoms with Crippen molar-refractivity contribution in [2.75, 3.05) is 0 Å². The summed E-state index contributed by atoms with van der Waals surface area (Å²) in [6, 6.07) is 0.389. The van der Waals surface area contributed by atoms with Crippen LogP contribution >= 0.6 is 0 Å². The molecule has 20 heavy (non-hydrogen) atoms. The Hall–Kier alpha value is -1.98. The molecule has 1 saturated carbocycles. The molecule has 1 heterocycles. The van der Waals surface area contributed by atoms with Crippen LogP contribution in [0, 0.1) is 5.82 Å². The van der Waals surface area contributed by atoms with Crippen molar-refractivity contribution in [2.24, 2.45) is 0 Å². The van der Waals surface area contributed by atoms with Gasteiger partial charge in [0.15, 0.2) is 5.82 Å². The number of hydrogen-bond acceptors (Lipinski definition) is 4. The van der Waals surface area contributed by atoms with Crippen molar-refractivity contribution in [1.82, 2.24) is 15.3 Å². The summed E-state index contributed by atoms with van der Waals surface area (Å²) < 4.78 is 18.3. The summed E-state index contributed by atoms with van der Waals surface area (Å²) in [6.07, 6.45) is 8.80. The predicted octanol–water partition coefficient (Wildman–Crippen LogP) is 2.00. The van der Waals surface area contributed by atoms with Crippen LogP contribution in [0.25, 0.3) is 0 Å². The number of ether oxygens (including phenoxy) is 1. The molecule has 1 aliphatic rings. The van der Waals surface area contributed by atoms with Crippen molar-refractivity contribution in [2.45, 2.75) is 44.8 Å². The number of aromatic nitrogens is 2. The highest BCUT2D eigenvalue weighted by Gasteiger charge is 2.23. The SMILES string of the molecule is C/C=C/C(=O)NC1CCC(Oc2ncc(F)cn2)CC1. The van der Waals surface area contributed by atoms with Crippen LogP contribution in [0.15, 0.2) is 24.5 Å². The zero-order chi connectivity index (χ0) is 14.4. The summed E-state index contributed by atoms with van der Waals surface area (Å²) in [5.41, 5.74) is 0. The minimum absolute atomic E-state index is 0.0235. The van der Waals surface area contributed by atoms with E-state index in [0.29, 0.717) is 0 Å². The lowest BCUT2D eigenvalue weighted by Gasteiger charge is -2.28. The van der Waals surface area contributed by atoms with E-state index in [1.807, 2.05) is 6.92 Å². The summed E-state index contributed by atoms with van der Waals surface area (Å²) in [6.45, 7) is 1.81. The molecule has 0 radical (unpaired) electrons. The van der Waals surface area contributed by atoms with Gasteiger partial charge in [-0.3, -0.25) is 4.79 Å². The van der Waals surface area contributed by atoms with Gasteiger partial charge >= 0.3 is 6.01 Å². The molecule has 0 aromatic carbocycles. The van der Waals surface area contributed by atoms with Crippen LogP contribution in [0.2, 0.25) is 0 Å². The van der Waals surface area contributed by atoms with Crippen molar-refractivity contribution in [3.63, 3.8) is 0 Å². The molecule has 5 nitrogen and oxygen atoms in total. The van der Waals surface area contributed by atoms with Crippen LogP contribution < -0.4 is 10.1 Å². The molecule has 6 heteroatoms. The summed E-state index contributed by atoms with van der Waals surface area (Å²) in [5, 5.41) is 2.95. The second kappa shape index (κ2) is 6.98. The van der Waals surface area contributed by atoms with Gasteiger partial charge in [-0.25, -0.2) is 14.4 Å². The van der Waals surface area contributed by atoms with Crippen LogP contribution in [0.3, 0.4) is 0 Å². The Morgan fingerprint density at radius 3 is 2.60 bits per heavy atom. The van der Waals surface area contributed by atoms with Crippen molar-refractivity contribution < 1.29 is 13.9 Å². The maximum atomic E-state index is 12.7. The van der Waals surface area contributed by atoms with Gasteiger partial charge in [0.25, 0.3) is 0 Å². The van der Waals surface area contributed by atoms with E-state index in [-0.39, 0.29) is 24.1 Å². The Labute approximate surface area is 117 Å². The van der Waals surface area contributed by atoms with Gasteiger partial charge in [0.2, 0.25) is 5.91 Å². The van der Waals surface area contributed by atoms with Gasteiger partial charge < -0.3 is 10.1 Å².